The maximum atomic E-state index is 3.65. The largest absolute Gasteiger partial charge is 0.312 e. The fourth-order valence-corrected chi connectivity index (χ4v) is 5.69. The van der Waals surface area contributed by atoms with Crippen LogP contribution in [0.25, 0.3) is 0 Å². The Kier molecular flexibility index (Phi) is 3.84. The molecule has 2 aliphatic rings. The van der Waals surface area contributed by atoms with E-state index in [9.17, 15) is 0 Å². The van der Waals surface area contributed by atoms with E-state index in [1.165, 1.54) is 46.3 Å². The van der Waals surface area contributed by atoms with Crippen LogP contribution >= 0.6 is 27.3 Å². The minimum atomic E-state index is 0.560. The minimum Gasteiger partial charge on any atom is -0.312 e. The molecule has 1 aromatic rings. The highest BCUT2D eigenvalue weighted by molar-refractivity contribution is 9.11. The molecule has 4 unspecified atom stereocenters. The molecule has 1 nitrogen and oxygen atoms in total. The Labute approximate surface area is 122 Å². The van der Waals surface area contributed by atoms with E-state index < -0.39 is 0 Å². The van der Waals surface area contributed by atoms with Crippen LogP contribution in [-0.4, -0.2) is 7.05 Å². The third-order valence-corrected chi connectivity index (χ3v) is 7.24. The summed E-state index contributed by atoms with van der Waals surface area (Å²) in [5, 5.41) is 3.53. The summed E-state index contributed by atoms with van der Waals surface area (Å²) in [4.78, 5) is 1.50. The third-order valence-electron chi connectivity index (χ3n) is 4.99. The van der Waals surface area contributed by atoms with Gasteiger partial charge < -0.3 is 5.32 Å². The van der Waals surface area contributed by atoms with E-state index in [1.807, 2.05) is 11.3 Å². The molecule has 2 fully saturated rings. The molecule has 3 heteroatoms. The molecule has 0 aromatic carbocycles. The van der Waals surface area contributed by atoms with E-state index >= 15 is 0 Å². The number of hydrogen-bond acceptors (Lipinski definition) is 2. The van der Waals surface area contributed by atoms with Gasteiger partial charge in [-0.1, -0.05) is 6.42 Å². The summed E-state index contributed by atoms with van der Waals surface area (Å²) >= 11 is 5.55. The standard InChI is InChI=1S/C15H22BrNS/c1-9-5-14(18-15(9)16)13(17-2)8-12-7-10-3-4-11(12)6-10/h5,10-13,17H,3-4,6-8H2,1-2H3. The monoisotopic (exact) mass is 327 g/mol. The van der Waals surface area contributed by atoms with Crippen molar-refractivity contribution in [1.82, 2.24) is 5.32 Å². The molecule has 4 atom stereocenters. The summed E-state index contributed by atoms with van der Waals surface area (Å²) in [5.41, 5.74) is 1.38. The Morgan fingerprint density at radius 2 is 2.28 bits per heavy atom. The number of nitrogens with one attached hydrogen (secondary N) is 1. The van der Waals surface area contributed by atoms with Crippen LogP contribution in [0.4, 0.5) is 0 Å². The molecule has 0 saturated heterocycles. The second-order valence-corrected chi connectivity index (χ2v) is 8.52. The van der Waals surface area contributed by atoms with Crippen molar-refractivity contribution in [3.05, 3.63) is 20.3 Å². The lowest BCUT2D eigenvalue weighted by molar-refractivity contribution is 0.285. The van der Waals surface area contributed by atoms with Gasteiger partial charge in [0.25, 0.3) is 0 Å². The molecule has 0 radical (unpaired) electrons. The molecule has 18 heavy (non-hydrogen) atoms. The van der Waals surface area contributed by atoms with Crippen LogP contribution in [0.3, 0.4) is 0 Å². The average molecular weight is 328 g/mol. The Hall–Kier alpha value is 0.140. The Morgan fingerprint density at radius 3 is 2.78 bits per heavy atom. The van der Waals surface area contributed by atoms with E-state index in [2.05, 4.69) is 41.3 Å². The van der Waals surface area contributed by atoms with Crippen molar-refractivity contribution in [3.63, 3.8) is 0 Å². The molecule has 2 aliphatic carbocycles. The van der Waals surface area contributed by atoms with Gasteiger partial charge in [0.05, 0.1) is 3.79 Å². The second-order valence-electron chi connectivity index (χ2n) is 6.12. The summed E-state index contributed by atoms with van der Waals surface area (Å²) in [5.74, 6) is 3.08. The van der Waals surface area contributed by atoms with E-state index in [4.69, 9.17) is 0 Å². The van der Waals surface area contributed by atoms with Crippen LogP contribution in [0, 0.1) is 24.7 Å². The van der Waals surface area contributed by atoms with Gasteiger partial charge >= 0.3 is 0 Å². The minimum absolute atomic E-state index is 0.560. The Morgan fingerprint density at radius 1 is 1.44 bits per heavy atom. The second kappa shape index (κ2) is 5.26. The van der Waals surface area contributed by atoms with Crippen LogP contribution in [0.2, 0.25) is 0 Å². The number of hydrogen-bond donors (Lipinski definition) is 1. The van der Waals surface area contributed by atoms with Crippen molar-refractivity contribution in [1.29, 1.82) is 0 Å². The van der Waals surface area contributed by atoms with Gasteiger partial charge in [0.15, 0.2) is 0 Å². The number of fused-ring (bicyclic) bond motifs is 2. The molecule has 3 rings (SSSR count). The van der Waals surface area contributed by atoms with Gasteiger partial charge in [-0.05, 0) is 85.0 Å². The van der Waals surface area contributed by atoms with Crippen LogP contribution in [0.1, 0.15) is 48.6 Å². The summed E-state index contributed by atoms with van der Waals surface area (Å²) in [6.07, 6.45) is 7.36. The van der Waals surface area contributed by atoms with Crippen LogP contribution in [0.15, 0.2) is 9.85 Å². The molecule has 0 aliphatic heterocycles. The highest BCUT2D eigenvalue weighted by Crippen LogP contribution is 2.51. The van der Waals surface area contributed by atoms with Crippen molar-refractivity contribution in [2.75, 3.05) is 7.05 Å². The zero-order valence-corrected chi connectivity index (χ0v) is 13.6. The Bertz CT molecular complexity index is 409. The molecule has 1 heterocycles. The first-order valence-electron chi connectivity index (χ1n) is 7.10. The first-order chi connectivity index (χ1) is 8.67. The zero-order chi connectivity index (χ0) is 12.7. The van der Waals surface area contributed by atoms with Crippen molar-refractivity contribution < 1.29 is 0 Å². The van der Waals surface area contributed by atoms with Crippen LogP contribution < -0.4 is 5.32 Å². The topological polar surface area (TPSA) is 12.0 Å². The van der Waals surface area contributed by atoms with Crippen molar-refractivity contribution in [3.8, 4) is 0 Å². The Balaban J connectivity index is 1.69. The van der Waals surface area contributed by atoms with Crippen LogP contribution in [-0.2, 0) is 0 Å². The summed E-state index contributed by atoms with van der Waals surface area (Å²) in [6, 6.07) is 2.91. The molecule has 1 aromatic heterocycles. The number of thiophene rings is 1. The molecule has 1 N–H and O–H groups in total. The number of aryl methyl sites for hydroxylation is 1. The van der Waals surface area contributed by atoms with Crippen molar-refractivity contribution >= 4 is 27.3 Å². The quantitative estimate of drug-likeness (QED) is 0.828. The molecule has 100 valence electrons. The third kappa shape index (κ3) is 2.41. The zero-order valence-electron chi connectivity index (χ0n) is 11.2. The van der Waals surface area contributed by atoms with Crippen molar-refractivity contribution in [2.24, 2.45) is 17.8 Å². The first kappa shape index (κ1) is 13.1. The molecule has 0 spiro atoms. The normalized spacial score (nSPS) is 32.1. The highest BCUT2D eigenvalue weighted by atomic mass is 79.9. The molecular weight excluding hydrogens is 306 g/mol. The fourth-order valence-electron chi connectivity index (χ4n) is 4.00. The number of halogens is 1. The lowest BCUT2D eigenvalue weighted by Crippen LogP contribution is -2.21. The average Bonchev–Trinajstić information content (AvgIpc) is 3.03. The summed E-state index contributed by atoms with van der Waals surface area (Å²) < 4.78 is 1.30. The van der Waals surface area contributed by atoms with Gasteiger partial charge in [-0.25, -0.2) is 0 Å². The van der Waals surface area contributed by atoms with E-state index in [0.717, 1.165) is 17.8 Å². The molecule has 0 amide bonds. The highest BCUT2D eigenvalue weighted by Gasteiger charge is 2.40. The summed E-state index contributed by atoms with van der Waals surface area (Å²) in [7, 11) is 2.11. The SMILES string of the molecule is CNC(CC1CC2CCC1C2)c1cc(C)c(Br)s1. The van der Waals surface area contributed by atoms with Gasteiger partial charge in [0, 0.05) is 10.9 Å². The maximum absolute atomic E-state index is 3.65. The lowest BCUT2D eigenvalue weighted by atomic mass is 9.84. The van der Waals surface area contributed by atoms with Gasteiger partial charge in [-0.2, -0.15) is 0 Å². The van der Waals surface area contributed by atoms with Crippen molar-refractivity contribution in [2.45, 2.75) is 45.1 Å². The van der Waals surface area contributed by atoms with E-state index in [1.54, 1.807) is 0 Å². The van der Waals surface area contributed by atoms with E-state index in [-0.39, 0.29) is 0 Å². The van der Waals surface area contributed by atoms with E-state index in [0.29, 0.717) is 6.04 Å². The molecule has 2 bridgehead atoms. The first-order valence-corrected chi connectivity index (χ1v) is 8.71. The maximum Gasteiger partial charge on any atom is 0.0731 e. The predicted molar refractivity (Wildman–Crippen MR) is 82.1 cm³/mol. The van der Waals surface area contributed by atoms with Gasteiger partial charge in [-0.3, -0.25) is 0 Å². The molecular formula is C15H22BrNS. The number of rotatable bonds is 4. The summed E-state index contributed by atoms with van der Waals surface area (Å²) in [6.45, 7) is 2.19. The predicted octanol–water partition coefficient (Wildman–Crippen LogP) is 4.91. The van der Waals surface area contributed by atoms with Crippen LogP contribution in [0.5, 0.6) is 0 Å². The molecule has 2 saturated carbocycles. The fraction of sp³-hybridized carbons (Fsp3) is 0.733. The van der Waals surface area contributed by atoms with Gasteiger partial charge in [0.2, 0.25) is 0 Å². The smallest absolute Gasteiger partial charge is 0.0731 e. The van der Waals surface area contributed by atoms with Gasteiger partial charge in [-0.15, -0.1) is 11.3 Å². The van der Waals surface area contributed by atoms with Gasteiger partial charge in [0.1, 0.15) is 0 Å². The lowest BCUT2D eigenvalue weighted by Gasteiger charge is -2.26.